The number of aromatic nitrogens is 2. The summed E-state index contributed by atoms with van der Waals surface area (Å²) in [5.41, 5.74) is 1.82. The Labute approximate surface area is 157 Å². The molecule has 0 saturated carbocycles. The van der Waals surface area contributed by atoms with Gasteiger partial charge >= 0.3 is 0 Å². The van der Waals surface area contributed by atoms with E-state index in [1.54, 1.807) is 12.5 Å². The molecule has 0 aliphatic carbocycles. The first kappa shape index (κ1) is 21.3. The first-order valence-corrected chi connectivity index (χ1v) is 7.44. The molecule has 2 atom stereocenters. The van der Waals surface area contributed by atoms with E-state index in [9.17, 15) is 13.6 Å². The summed E-state index contributed by atoms with van der Waals surface area (Å²) < 4.78 is 28.2. The fraction of sp³-hybridized carbons (Fsp3) is 0.375. The lowest BCUT2D eigenvalue weighted by molar-refractivity contribution is -0.124. The van der Waals surface area contributed by atoms with E-state index in [4.69, 9.17) is 0 Å². The molecule has 1 amide bonds. The van der Waals surface area contributed by atoms with Gasteiger partial charge in [0.05, 0.1) is 25.0 Å². The predicted octanol–water partition coefficient (Wildman–Crippen LogP) is 2.89. The van der Waals surface area contributed by atoms with Crippen molar-refractivity contribution in [3.05, 3.63) is 48.5 Å². The largest absolute Gasteiger partial charge is 0.348 e. The van der Waals surface area contributed by atoms with E-state index >= 15 is 0 Å². The Hall–Kier alpha value is -1.70. The van der Waals surface area contributed by atoms with Crippen LogP contribution in [0.2, 0.25) is 0 Å². The Morgan fingerprint density at radius 3 is 2.80 bits per heavy atom. The number of halogens is 4. The van der Waals surface area contributed by atoms with Crippen molar-refractivity contribution >= 4 is 30.7 Å². The second-order valence-electron chi connectivity index (χ2n) is 5.79. The van der Waals surface area contributed by atoms with Gasteiger partial charge in [-0.25, -0.2) is 13.8 Å². The van der Waals surface area contributed by atoms with E-state index in [0.717, 1.165) is 11.3 Å². The number of carbonyl (C=O) groups is 1. The van der Waals surface area contributed by atoms with Gasteiger partial charge in [0, 0.05) is 24.5 Å². The highest BCUT2D eigenvalue weighted by Gasteiger charge is 2.42. The number of hydrogen-bond acceptors (Lipinski definition) is 3. The topological polar surface area (TPSA) is 59.0 Å². The molecule has 1 aliphatic rings. The van der Waals surface area contributed by atoms with E-state index < -0.39 is 30.8 Å². The van der Waals surface area contributed by atoms with Gasteiger partial charge in [-0.05, 0) is 24.6 Å². The zero-order chi connectivity index (χ0) is 16.4. The average molecular weight is 393 g/mol. The third kappa shape index (κ3) is 5.14. The van der Waals surface area contributed by atoms with Crippen LogP contribution in [0.1, 0.15) is 24.9 Å². The van der Waals surface area contributed by atoms with E-state index in [2.05, 4.69) is 15.6 Å². The molecule has 1 fully saturated rings. The Bertz CT molecular complexity index is 697. The SMILES string of the molecule is CC(NC(=O)C1CC(F)(F)CN1)c1cccc(-n2ccnc2)c1.Cl.Cl. The molecule has 2 N–H and O–H groups in total. The van der Waals surface area contributed by atoms with Gasteiger partial charge in [0.1, 0.15) is 0 Å². The van der Waals surface area contributed by atoms with Crippen LogP contribution in [0.15, 0.2) is 43.0 Å². The van der Waals surface area contributed by atoms with Gasteiger partial charge in [0.2, 0.25) is 5.91 Å². The zero-order valence-corrected chi connectivity index (χ0v) is 15.1. The second-order valence-corrected chi connectivity index (χ2v) is 5.79. The monoisotopic (exact) mass is 392 g/mol. The molecular weight excluding hydrogens is 373 g/mol. The first-order chi connectivity index (χ1) is 10.9. The summed E-state index contributed by atoms with van der Waals surface area (Å²) in [7, 11) is 0. The number of rotatable bonds is 4. The molecule has 0 spiro atoms. The molecule has 2 aromatic rings. The van der Waals surface area contributed by atoms with Crippen molar-refractivity contribution in [2.75, 3.05) is 6.54 Å². The van der Waals surface area contributed by atoms with Crippen molar-refractivity contribution in [3.8, 4) is 5.69 Å². The van der Waals surface area contributed by atoms with Crippen LogP contribution in [-0.4, -0.2) is 34.0 Å². The van der Waals surface area contributed by atoms with Crippen LogP contribution in [0.3, 0.4) is 0 Å². The van der Waals surface area contributed by atoms with Crippen LogP contribution in [-0.2, 0) is 4.79 Å². The minimum atomic E-state index is -2.81. The molecule has 1 aliphatic heterocycles. The van der Waals surface area contributed by atoms with Crippen molar-refractivity contribution in [3.63, 3.8) is 0 Å². The summed E-state index contributed by atoms with van der Waals surface area (Å²) >= 11 is 0. The first-order valence-electron chi connectivity index (χ1n) is 7.44. The van der Waals surface area contributed by atoms with Gasteiger partial charge in [-0.2, -0.15) is 0 Å². The standard InChI is InChI=1S/C16H18F2N4O.2ClH/c1-11(21-15(23)14-8-16(17,18)9-20-14)12-3-2-4-13(7-12)22-6-5-19-10-22;;/h2-7,10-11,14,20H,8-9H2,1H3,(H,21,23);2*1H. The lowest BCUT2D eigenvalue weighted by atomic mass is 10.1. The number of nitrogens with one attached hydrogen (secondary N) is 2. The zero-order valence-electron chi connectivity index (χ0n) is 13.5. The summed E-state index contributed by atoms with van der Waals surface area (Å²) in [6.45, 7) is 1.38. The lowest BCUT2D eigenvalue weighted by Crippen LogP contribution is -2.41. The van der Waals surface area contributed by atoms with Gasteiger partial charge in [0.15, 0.2) is 0 Å². The van der Waals surface area contributed by atoms with Crippen molar-refractivity contribution in [1.29, 1.82) is 0 Å². The number of benzene rings is 1. The van der Waals surface area contributed by atoms with Gasteiger partial charge in [-0.1, -0.05) is 12.1 Å². The highest BCUT2D eigenvalue weighted by molar-refractivity contribution is 5.85. The molecule has 1 aromatic carbocycles. The number of nitrogens with zero attached hydrogens (tertiary/aromatic N) is 2. The van der Waals surface area contributed by atoms with Gasteiger partial charge in [0.25, 0.3) is 5.92 Å². The number of alkyl halides is 2. The lowest BCUT2D eigenvalue weighted by Gasteiger charge is -2.18. The number of hydrogen-bond donors (Lipinski definition) is 2. The predicted molar refractivity (Wildman–Crippen MR) is 96.0 cm³/mol. The fourth-order valence-electron chi connectivity index (χ4n) is 2.66. The third-order valence-corrected chi connectivity index (χ3v) is 3.96. The normalized spacial score (nSPS) is 19.4. The van der Waals surface area contributed by atoms with Crippen molar-refractivity contribution in [1.82, 2.24) is 20.2 Å². The maximum absolute atomic E-state index is 13.2. The molecule has 25 heavy (non-hydrogen) atoms. The van der Waals surface area contributed by atoms with Crippen LogP contribution >= 0.6 is 24.8 Å². The maximum atomic E-state index is 13.2. The average Bonchev–Trinajstić information content (AvgIpc) is 3.16. The summed E-state index contributed by atoms with van der Waals surface area (Å²) in [5.74, 6) is -3.21. The van der Waals surface area contributed by atoms with Crippen LogP contribution in [0.4, 0.5) is 8.78 Å². The van der Waals surface area contributed by atoms with Crippen molar-refractivity contribution in [2.45, 2.75) is 31.4 Å². The smallest absolute Gasteiger partial charge is 0.262 e. The Morgan fingerprint density at radius 2 is 2.20 bits per heavy atom. The minimum absolute atomic E-state index is 0. The molecule has 5 nitrogen and oxygen atoms in total. The molecular formula is C16H20Cl2F2N4O. The number of carbonyl (C=O) groups excluding carboxylic acids is 1. The maximum Gasteiger partial charge on any atom is 0.262 e. The molecule has 2 unspecified atom stereocenters. The Morgan fingerprint density at radius 1 is 1.44 bits per heavy atom. The summed E-state index contributed by atoms with van der Waals surface area (Å²) in [6.07, 6.45) is 4.74. The summed E-state index contributed by atoms with van der Waals surface area (Å²) in [4.78, 5) is 16.1. The van der Waals surface area contributed by atoms with Crippen molar-refractivity contribution < 1.29 is 13.6 Å². The summed E-state index contributed by atoms with van der Waals surface area (Å²) in [6, 6.07) is 6.52. The minimum Gasteiger partial charge on any atom is -0.348 e. The molecule has 9 heteroatoms. The quantitative estimate of drug-likeness (QED) is 0.840. The van der Waals surface area contributed by atoms with E-state index in [1.807, 2.05) is 42.0 Å². The molecule has 0 radical (unpaired) electrons. The highest BCUT2D eigenvalue weighted by Crippen LogP contribution is 2.25. The Balaban J connectivity index is 0.00000156. The van der Waals surface area contributed by atoms with Crippen molar-refractivity contribution in [2.24, 2.45) is 0 Å². The summed E-state index contributed by atoms with van der Waals surface area (Å²) in [5, 5.41) is 5.35. The molecule has 1 saturated heterocycles. The fourth-order valence-corrected chi connectivity index (χ4v) is 2.66. The molecule has 138 valence electrons. The van der Waals surface area contributed by atoms with Crippen LogP contribution in [0.25, 0.3) is 5.69 Å². The molecule has 3 rings (SSSR count). The second kappa shape index (κ2) is 8.60. The van der Waals surface area contributed by atoms with E-state index in [1.165, 1.54) is 0 Å². The molecule has 2 heterocycles. The van der Waals surface area contributed by atoms with Crippen LogP contribution < -0.4 is 10.6 Å². The number of amides is 1. The molecule has 1 aromatic heterocycles. The molecule has 0 bridgehead atoms. The highest BCUT2D eigenvalue weighted by atomic mass is 35.5. The van der Waals surface area contributed by atoms with E-state index in [-0.39, 0.29) is 30.9 Å². The van der Waals surface area contributed by atoms with Crippen LogP contribution in [0.5, 0.6) is 0 Å². The Kier molecular flexibility index (Phi) is 7.34. The number of imidazole rings is 1. The van der Waals surface area contributed by atoms with Gasteiger partial charge < -0.3 is 9.88 Å². The third-order valence-electron chi connectivity index (χ3n) is 3.96. The van der Waals surface area contributed by atoms with Crippen LogP contribution in [0, 0.1) is 0 Å². The van der Waals surface area contributed by atoms with E-state index in [0.29, 0.717) is 0 Å². The van der Waals surface area contributed by atoms with Gasteiger partial charge in [-0.15, -0.1) is 24.8 Å². The van der Waals surface area contributed by atoms with Gasteiger partial charge in [-0.3, -0.25) is 10.1 Å².